The molecule has 0 fully saturated rings. The number of aromatic nitrogens is 1. The van der Waals surface area contributed by atoms with Gasteiger partial charge in [-0.3, -0.25) is 4.98 Å². The fourth-order valence-corrected chi connectivity index (χ4v) is 1.98. The van der Waals surface area contributed by atoms with Gasteiger partial charge in [0.25, 0.3) is 0 Å². The number of rotatable bonds is 7. The maximum Gasteiger partial charge on any atom is 0.127 e. The summed E-state index contributed by atoms with van der Waals surface area (Å²) in [5.74, 6) is 0.904. The second kappa shape index (κ2) is 8.22. The summed E-state index contributed by atoms with van der Waals surface area (Å²) in [6.45, 7) is 6.33. The highest BCUT2D eigenvalue weighted by molar-refractivity contribution is 5.48. The first kappa shape index (κ1) is 15.3. The first-order valence-corrected chi connectivity index (χ1v) is 7.30. The lowest BCUT2D eigenvalue weighted by Gasteiger charge is -2.11. The quantitative estimate of drug-likeness (QED) is 0.842. The molecule has 0 saturated heterocycles. The van der Waals surface area contributed by atoms with Crippen LogP contribution >= 0.6 is 0 Å². The number of benzene rings is 1. The van der Waals surface area contributed by atoms with Gasteiger partial charge in [0, 0.05) is 30.1 Å². The van der Waals surface area contributed by atoms with E-state index in [1.807, 2.05) is 43.5 Å². The fourth-order valence-electron chi connectivity index (χ4n) is 1.98. The number of nitrogens with zero attached hydrogens (tertiary/aromatic N) is 1. The van der Waals surface area contributed by atoms with Crippen molar-refractivity contribution in [2.24, 2.45) is 0 Å². The molecule has 0 aliphatic rings. The van der Waals surface area contributed by atoms with Gasteiger partial charge in [0.1, 0.15) is 12.4 Å². The molecule has 1 heterocycles. The lowest BCUT2D eigenvalue weighted by atomic mass is 10.2. The van der Waals surface area contributed by atoms with Gasteiger partial charge in [-0.1, -0.05) is 43.3 Å². The van der Waals surface area contributed by atoms with Crippen LogP contribution in [0, 0.1) is 6.92 Å². The van der Waals surface area contributed by atoms with Crippen LogP contribution in [-0.2, 0) is 6.54 Å². The number of hydrogen-bond donors (Lipinski definition) is 1. The van der Waals surface area contributed by atoms with Crippen molar-refractivity contribution in [2.75, 3.05) is 13.2 Å². The molecule has 0 atom stereocenters. The molecule has 2 aromatic rings. The van der Waals surface area contributed by atoms with Crippen molar-refractivity contribution in [3.63, 3.8) is 0 Å². The van der Waals surface area contributed by atoms with Gasteiger partial charge in [-0.25, -0.2) is 0 Å². The molecule has 2 rings (SSSR count). The van der Waals surface area contributed by atoms with E-state index < -0.39 is 0 Å². The Kier molecular flexibility index (Phi) is 5.98. The molecule has 0 saturated carbocycles. The Balaban J connectivity index is 1.95. The summed E-state index contributed by atoms with van der Waals surface area (Å²) in [5.41, 5.74) is 3.24. The van der Waals surface area contributed by atoms with Crippen LogP contribution in [0.15, 0.2) is 48.7 Å². The summed E-state index contributed by atoms with van der Waals surface area (Å²) >= 11 is 0. The van der Waals surface area contributed by atoms with E-state index in [1.165, 1.54) is 5.56 Å². The summed E-state index contributed by atoms with van der Waals surface area (Å²) < 4.78 is 5.87. The highest BCUT2D eigenvalue weighted by atomic mass is 16.5. The molecule has 21 heavy (non-hydrogen) atoms. The molecule has 110 valence electrons. The molecule has 0 spiro atoms. The number of ether oxygens (including phenoxy) is 1. The molecule has 0 amide bonds. The molecule has 0 unspecified atom stereocenters. The van der Waals surface area contributed by atoms with Gasteiger partial charge in [0.15, 0.2) is 0 Å². The minimum Gasteiger partial charge on any atom is -0.489 e. The Morgan fingerprint density at radius 2 is 2.05 bits per heavy atom. The van der Waals surface area contributed by atoms with Crippen molar-refractivity contribution in [3.8, 4) is 5.75 Å². The number of aryl methyl sites for hydroxylation is 1. The van der Waals surface area contributed by atoms with Crippen LogP contribution in [0.3, 0.4) is 0 Å². The van der Waals surface area contributed by atoms with Crippen molar-refractivity contribution >= 4 is 6.08 Å². The van der Waals surface area contributed by atoms with Crippen molar-refractivity contribution < 1.29 is 4.74 Å². The van der Waals surface area contributed by atoms with Gasteiger partial charge in [-0.2, -0.15) is 0 Å². The average Bonchev–Trinajstić information content (AvgIpc) is 2.52. The predicted octanol–water partition coefficient (Wildman–Crippen LogP) is 3.59. The second-order valence-corrected chi connectivity index (χ2v) is 4.84. The fraction of sp³-hybridized carbons (Fsp3) is 0.278. The lowest BCUT2D eigenvalue weighted by molar-refractivity contribution is 0.357. The Morgan fingerprint density at radius 3 is 2.81 bits per heavy atom. The number of hydrogen-bond acceptors (Lipinski definition) is 3. The zero-order valence-electron chi connectivity index (χ0n) is 12.7. The van der Waals surface area contributed by atoms with Gasteiger partial charge in [0.05, 0.1) is 0 Å². The van der Waals surface area contributed by atoms with E-state index in [2.05, 4.69) is 35.4 Å². The smallest absolute Gasteiger partial charge is 0.127 e. The molecule has 3 heteroatoms. The molecule has 1 N–H and O–H groups in total. The first-order chi connectivity index (χ1) is 10.3. The number of nitrogens with one attached hydrogen (secondary N) is 1. The zero-order valence-corrected chi connectivity index (χ0v) is 12.7. The second-order valence-electron chi connectivity index (χ2n) is 4.84. The normalized spacial score (nSPS) is 11.0. The third-order valence-corrected chi connectivity index (χ3v) is 3.09. The molecular formula is C18H22N2O. The van der Waals surface area contributed by atoms with Crippen molar-refractivity contribution in [1.29, 1.82) is 0 Å². The van der Waals surface area contributed by atoms with Crippen molar-refractivity contribution in [2.45, 2.75) is 20.4 Å². The van der Waals surface area contributed by atoms with Crippen LogP contribution in [0.1, 0.15) is 23.7 Å². The SMILES string of the molecule is CCNCc1cnc(C)cc1OC/C=C/c1ccccc1. The van der Waals surface area contributed by atoms with E-state index in [0.29, 0.717) is 6.61 Å². The molecule has 0 aliphatic heterocycles. The molecular weight excluding hydrogens is 260 g/mol. The van der Waals surface area contributed by atoms with E-state index in [4.69, 9.17) is 4.74 Å². The van der Waals surface area contributed by atoms with E-state index in [9.17, 15) is 0 Å². The average molecular weight is 282 g/mol. The predicted molar refractivity (Wildman–Crippen MR) is 87.3 cm³/mol. The molecule has 0 radical (unpaired) electrons. The minimum atomic E-state index is 0.553. The highest BCUT2D eigenvalue weighted by Crippen LogP contribution is 2.18. The third-order valence-electron chi connectivity index (χ3n) is 3.09. The van der Waals surface area contributed by atoms with Gasteiger partial charge in [-0.05, 0) is 25.1 Å². The lowest BCUT2D eigenvalue weighted by Crippen LogP contribution is -2.13. The Labute approximate surface area is 126 Å². The van der Waals surface area contributed by atoms with E-state index in [1.54, 1.807) is 0 Å². The summed E-state index contributed by atoms with van der Waals surface area (Å²) in [7, 11) is 0. The van der Waals surface area contributed by atoms with Gasteiger partial charge >= 0.3 is 0 Å². The summed E-state index contributed by atoms with van der Waals surface area (Å²) in [4.78, 5) is 4.33. The van der Waals surface area contributed by atoms with Crippen LogP contribution < -0.4 is 10.1 Å². The maximum atomic E-state index is 5.87. The molecule has 1 aromatic carbocycles. The van der Waals surface area contributed by atoms with Crippen LogP contribution in [0.2, 0.25) is 0 Å². The monoisotopic (exact) mass is 282 g/mol. The van der Waals surface area contributed by atoms with E-state index in [0.717, 1.165) is 30.1 Å². The highest BCUT2D eigenvalue weighted by Gasteiger charge is 2.04. The topological polar surface area (TPSA) is 34.2 Å². The van der Waals surface area contributed by atoms with Crippen molar-refractivity contribution in [3.05, 3.63) is 65.5 Å². The third kappa shape index (κ3) is 5.04. The molecule has 0 bridgehead atoms. The van der Waals surface area contributed by atoms with Gasteiger partial charge in [-0.15, -0.1) is 0 Å². The zero-order chi connectivity index (χ0) is 14.9. The van der Waals surface area contributed by atoms with Crippen molar-refractivity contribution in [1.82, 2.24) is 10.3 Å². The minimum absolute atomic E-state index is 0.553. The summed E-state index contributed by atoms with van der Waals surface area (Å²) in [6, 6.07) is 12.2. The van der Waals surface area contributed by atoms with E-state index in [-0.39, 0.29) is 0 Å². The molecule has 0 aliphatic carbocycles. The molecule has 1 aromatic heterocycles. The van der Waals surface area contributed by atoms with Crippen LogP contribution in [0.5, 0.6) is 5.75 Å². The maximum absolute atomic E-state index is 5.87. The Morgan fingerprint density at radius 1 is 1.24 bits per heavy atom. The number of pyridine rings is 1. The Hall–Kier alpha value is -2.13. The molecule has 3 nitrogen and oxygen atoms in total. The van der Waals surface area contributed by atoms with Crippen LogP contribution in [-0.4, -0.2) is 18.1 Å². The van der Waals surface area contributed by atoms with Crippen LogP contribution in [0.4, 0.5) is 0 Å². The standard InChI is InChI=1S/C18H22N2O/c1-3-19-13-17-14-20-15(2)12-18(17)21-11-7-10-16-8-5-4-6-9-16/h4-10,12,14,19H,3,11,13H2,1-2H3/b10-7+. The van der Waals surface area contributed by atoms with Crippen LogP contribution in [0.25, 0.3) is 6.08 Å². The first-order valence-electron chi connectivity index (χ1n) is 7.30. The largest absolute Gasteiger partial charge is 0.489 e. The summed E-state index contributed by atoms with van der Waals surface area (Å²) in [5, 5.41) is 3.30. The van der Waals surface area contributed by atoms with Gasteiger partial charge < -0.3 is 10.1 Å². The Bertz CT molecular complexity index is 579. The summed E-state index contributed by atoms with van der Waals surface area (Å²) in [6.07, 6.45) is 5.98. The van der Waals surface area contributed by atoms with E-state index >= 15 is 0 Å². The van der Waals surface area contributed by atoms with Gasteiger partial charge in [0.2, 0.25) is 0 Å².